The highest BCUT2D eigenvalue weighted by Crippen LogP contribution is 2.21. The number of nitrogens with zero attached hydrogens (tertiary/aromatic N) is 3. The van der Waals surface area contributed by atoms with E-state index >= 15 is 0 Å². The van der Waals surface area contributed by atoms with Gasteiger partial charge in [0.25, 0.3) is 5.56 Å². The zero-order valence-corrected chi connectivity index (χ0v) is 13.0. The SMILES string of the molecule is CCn1nc(-c2ccc(OCC(C)C)cc2)cc(C#N)c1=O. The van der Waals surface area contributed by atoms with Gasteiger partial charge < -0.3 is 4.74 Å². The van der Waals surface area contributed by atoms with Gasteiger partial charge in [0.15, 0.2) is 0 Å². The monoisotopic (exact) mass is 297 g/mol. The summed E-state index contributed by atoms with van der Waals surface area (Å²) in [6.07, 6.45) is 0. The fraction of sp³-hybridized carbons (Fsp3) is 0.353. The number of aromatic nitrogens is 2. The molecular formula is C17H19N3O2. The Morgan fingerprint density at radius 3 is 2.55 bits per heavy atom. The molecule has 0 N–H and O–H groups in total. The normalized spacial score (nSPS) is 10.5. The molecule has 22 heavy (non-hydrogen) atoms. The molecular weight excluding hydrogens is 278 g/mol. The van der Waals surface area contributed by atoms with Gasteiger partial charge in [-0.25, -0.2) is 4.68 Å². The summed E-state index contributed by atoms with van der Waals surface area (Å²) in [6.45, 7) is 7.10. The molecule has 0 aliphatic rings. The van der Waals surface area contributed by atoms with Crippen LogP contribution in [0.25, 0.3) is 11.3 Å². The van der Waals surface area contributed by atoms with E-state index in [1.807, 2.05) is 37.3 Å². The van der Waals surface area contributed by atoms with Crippen molar-refractivity contribution >= 4 is 0 Å². The van der Waals surface area contributed by atoms with Crippen molar-refractivity contribution in [2.45, 2.75) is 27.3 Å². The topological polar surface area (TPSA) is 67.9 Å². The Morgan fingerprint density at radius 2 is 2.00 bits per heavy atom. The highest BCUT2D eigenvalue weighted by atomic mass is 16.5. The summed E-state index contributed by atoms with van der Waals surface area (Å²) in [5.74, 6) is 1.26. The minimum Gasteiger partial charge on any atom is -0.493 e. The Morgan fingerprint density at radius 1 is 1.32 bits per heavy atom. The Kier molecular flexibility index (Phi) is 4.95. The molecule has 2 rings (SSSR count). The van der Waals surface area contributed by atoms with Gasteiger partial charge in [0.1, 0.15) is 17.4 Å². The fourth-order valence-electron chi connectivity index (χ4n) is 1.96. The standard InChI is InChI=1S/C17H19N3O2/c1-4-20-17(21)14(10-18)9-16(19-20)13-5-7-15(8-6-13)22-11-12(2)3/h5-9,12H,4,11H2,1-3H3. The van der Waals surface area contributed by atoms with E-state index < -0.39 is 0 Å². The Balaban J connectivity index is 2.32. The molecule has 2 aromatic rings. The maximum absolute atomic E-state index is 11.9. The van der Waals surface area contributed by atoms with Crippen molar-refractivity contribution in [3.63, 3.8) is 0 Å². The second kappa shape index (κ2) is 6.90. The third kappa shape index (κ3) is 3.53. The van der Waals surface area contributed by atoms with Gasteiger partial charge in [0.2, 0.25) is 0 Å². The van der Waals surface area contributed by atoms with Crippen LogP contribution in [0, 0.1) is 17.2 Å². The zero-order valence-electron chi connectivity index (χ0n) is 13.0. The van der Waals surface area contributed by atoms with E-state index in [2.05, 4.69) is 18.9 Å². The van der Waals surface area contributed by atoms with Crippen LogP contribution in [0.5, 0.6) is 5.75 Å². The van der Waals surface area contributed by atoms with Crippen LogP contribution in [0.1, 0.15) is 26.3 Å². The van der Waals surface area contributed by atoms with E-state index in [1.165, 1.54) is 10.7 Å². The lowest BCUT2D eigenvalue weighted by Gasteiger charge is -2.10. The Hall–Kier alpha value is -2.61. The number of hydrogen-bond donors (Lipinski definition) is 0. The average Bonchev–Trinajstić information content (AvgIpc) is 2.53. The summed E-state index contributed by atoms with van der Waals surface area (Å²) >= 11 is 0. The van der Waals surface area contributed by atoms with Crippen molar-refractivity contribution in [2.75, 3.05) is 6.61 Å². The number of ether oxygens (including phenoxy) is 1. The van der Waals surface area contributed by atoms with Gasteiger partial charge in [-0.1, -0.05) is 13.8 Å². The van der Waals surface area contributed by atoms with Crippen LogP contribution in [0.15, 0.2) is 35.1 Å². The van der Waals surface area contributed by atoms with Crippen LogP contribution < -0.4 is 10.3 Å². The summed E-state index contributed by atoms with van der Waals surface area (Å²) in [5.41, 5.74) is 1.20. The first-order valence-corrected chi connectivity index (χ1v) is 7.30. The van der Waals surface area contributed by atoms with E-state index in [-0.39, 0.29) is 11.1 Å². The van der Waals surface area contributed by atoms with Gasteiger partial charge >= 0.3 is 0 Å². The largest absolute Gasteiger partial charge is 0.493 e. The number of hydrogen-bond acceptors (Lipinski definition) is 4. The molecule has 1 heterocycles. The van der Waals surface area contributed by atoms with Crippen LogP contribution >= 0.6 is 0 Å². The third-order valence-corrected chi connectivity index (χ3v) is 3.13. The summed E-state index contributed by atoms with van der Waals surface area (Å²) in [5, 5.41) is 13.4. The predicted octanol–water partition coefficient (Wildman–Crippen LogP) is 2.84. The predicted molar refractivity (Wildman–Crippen MR) is 84.7 cm³/mol. The molecule has 0 fully saturated rings. The maximum atomic E-state index is 11.9. The molecule has 5 nitrogen and oxygen atoms in total. The van der Waals surface area contributed by atoms with Gasteiger partial charge in [0.05, 0.1) is 12.3 Å². The van der Waals surface area contributed by atoms with E-state index in [9.17, 15) is 4.79 Å². The van der Waals surface area contributed by atoms with Crippen molar-refractivity contribution in [3.05, 3.63) is 46.2 Å². The quantitative estimate of drug-likeness (QED) is 0.851. The van der Waals surface area contributed by atoms with Crippen LogP contribution in [0.4, 0.5) is 0 Å². The molecule has 0 radical (unpaired) electrons. The summed E-state index contributed by atoms with van der Waals surface area (Å²) in [6, 6.07) is 10.9. The number of aryl methyl sites for hydroxylation is 1. The van der Waals surface area contributed by atoms with E-state index in [0.717, 1.165) is 11.3 Å². The molecule has 114 valence electrons. The van der Waals surface area contributed by atoms with Crippen molar-refractivity contribution in [3.8, 4) is 23.1 Å². The lowest BCUT2D eigenvalue weighted by molar-refractivity contribution is 0.271. The zero-order chi connectivity index (χ0) is 16.1. The van der Waals surface area contributed by atoms with Gasteiger partial charge in [-0.3, -0.25) is 4.79 Å². The molecule has 0 spiro atoms. The molecule has 0 amide bonds. The maximum Gasteiger partial charge on any atom is 0.284 e. The van der Waals surface area contributed by atoms with Gasteiger partial charge in [-0.2, -0.15) is 10.4 Å². The fourth-order valence-corrected chi connectivity index (χ4v) is 1.96. The van der Waals surface area contributed by atoms with Gasteiger partial charge in [-0.15, -0.1) is 0 Å². The van der Waals surface area contributed by atoms with Crippen LogP contribution in [-0.2, 0) is 6.54 Å². The molecule has 0 aliphatic heterocycles. The number of nitriles is 1. The first-order valence-electron chi connectivity index (χ1n) is 7.30. The summed E-state index contributed by atoms with van der Waals surface area (Å²) in [7, 11) is 0. The average molecular weight is 297 g/mol. The first kappa shape index (κ1) is 15.8. The first-order chi connectivity index (χ1) is 10.5. The van der Waals surface area contributed by atoms with Crippen molar-refractivity contribution in [1.29, 1.82) is 5.26 Å². The third-order valence-electron chi connectivity index (χ3n) is 3.13. The molecule has 0 aliphatic carbocycles. The van der Waals surface area contributed by atoms with Crippen molar-refractivity contribution < 1.29 is 4.74 Å². The molecule has 0 unspecified atom stereocenters. The number of rotatable bonds is 5. The lowest BCUT2D eigenvalue weighted by atomic mass is 10.1. The molecule has 0 atom stereocenters. The van der Waals surface area contributed by atoms with Crippen LogP contribution in [0.2, 0.25) is 0 Å². The highest BCUT2D eigenvalue weighted by molar-refractivity contribution is 5.61. The Bertz CT molecular complexity index is 740. The number of benzene rings is 1. The van der Waals surface area contributed by atoms with Crippen molar-refractivity contribution in [2.24, 2.45) is 5.92 Å². The summed E-state index contributed by atoms with van der Waals surface area (Å²) in [4.78, 5) is 11.9. The second-order valence-electron chi connectivity index (χ2n) is 5.41. The molecule has 1 aromatic heterocycles. The molecule has 0 bridgehead atoms. The molecule has 0 saturated heterocycles. The van der Waals surface area contributed by atoms with E-state index in [4.69, 9.17) is 10.00 Å². The highest BCUT2D eigenvalue weighted by Gasteiger charge is 2.09. The lowest BCUT2D eigenvalue weighted by Crippen LogP contribution is -2.24. The van der Waals surface area contributed by atoms with Crippen LogP contribution in [0.3, 0.4) is 0 Å². The second-order valence-corrected chi connectivity index (χ2v) is 5.41. The minimum atomic E-state index is -0.356. The Labute approximate surface area is 129 Å². The van der Waals surface area contributed by atoms with Gasteiger partial charge in [0, 0.05) is 12.1 Å². The molecule has 0 saturated carbocycles. The van der Waals surface area contributed by atoms with E-state index in [0.29, 0.717) is 24.8 Å². The molecule has 5 heteroatoms. The van der Waals surface area contributed by atoms with Gasteiger partial charge in [-0.05, 0) is 43.2 Å². The minimum absolute atomic E-state index is 0.104. The molecule has 1 aromatic carbocycles. The van der Waals surface area contributed by atoms with E-state index in [1.54, 1.807) is 0 Å². The van der Waals surface area contributed by atoms with Crippen molar-refractivity contribution in [1.82, 2.24) is 9.78 Å². The van der Waals surface area contributed by atoms with Crippen LogP contribution in [-0.4, -0.2) is 16.4 Å². The smallest absolute Gasteiger partial charge is 0.284 e. The summed E-state index contributed by atoms with van der Waals surface area (Å²) < 4.78 is 6.94.